The van der Waals surface area contributed by atoms with Crippen LogP contribution in [-0.2, 0) is 4.79 Å². The number of piperazine rings is 1. The van der Waals surface area contributed by atoms with Crippen LogP contribution in [0, 0.1) is 5.92 Å². The first kappa shape index (κ1) is 12.8. The Kier molecular flexibility index (Phi) is 3.70. The van der Waals surface area contributed by atoms with Crippen LogP contribution in [0.5, 0.6) is 0 Å². The average Bonchev–Trinajstić information content (AvgIpc) is 2.28. The Balaban J connectivity index is 1.92. The molecule has 2 saturated heterocycles. The van der Waals surface area contributed by atoms with E-state index in [9.17, 15) is 4.79 Å². The van der Waals surface area contributed by atoms with Gasteiger partial charge >= 0.3 is 0 Å². The molecule has 0 radical (unpaired) electrons. The maximum Gasteiger partial charge on any atom is 0.242 e. The molecule has 98 valence electrons. The Morgan fingerprint density at radius 3 is 2.47 bits per heavy atom. The van der Waals surface area contributed by atoms with E-state index in [1.807, 2.05) is 18.7 Å². The summed E-state index contributed by atoms with van der Waals surface area (Å²) in [6, 6.07) is 0. The summed E-state index contributed by atoms with van der Waals surface area (Å²) in [5.41, 5.74) is -0.414. The number of hydrogen-bond donors (Lipinski definition) is 2. The minimum Gasteiger partial charge on any atom is -0.396 e. The van der Waals surface area contributed by atoms with Gasteiger partial charge in [0.05, 0.1) is 5.54 Å². The molecule has 2 fully saturated rings. The number of nitrogens with zero attached hydrogens (tertiary/aromatic N) is 2. The molecule has 0 aliphatic carbocycles. The number of amides is 1. The van der Waals surface area contributed by atoms with Crippen LogP contribution in [-0.4, -0.2) is 72.2 Å². The minimum absolute atomic E-state index is 0.192. The highest BCUT2D eigenvalue weighted by atomic mass is 16.3. The van der Waals surface area contributed by atoms with Gasteiger partial charge in [0.15, 0.2) is 0 Å². The molecule has 0 bridgehead atoms. The van der Waals surface area contributed by atoms with Gasteiger partial charge in [-0.25, -0.2) is 0 Å². The van der Waals surface area contributed by atoms with E-state index in [1.54, 1.807) is 0 Å². The number of nitrogens with one attached hydrogen (secondary N) is 1. The quantitative estimate of drug-likeness (QED) is 0.674. The molecule has 0 unspecified atom stereocenters. The summed E-state index contributed by atoms with van der Waals surface area (Å²) in [7, 11) is 0. The second-order valence-electron chi connectivity index (χ2n) is 5.55. The van der Waals surface area contributed by atoms with Crippen molar-refractivity contribution in [2.45, 2.75) is 19.4 Å². The molecule has 0 atom stereocenters. The van der Waals surface area contributed by atoms with Crippen LogP contribution in [0.25, 0.3) is 0 Å². The third-order valence-corrected chi connectivity index (χ3v) is 3.93. The van der Waals surface area contributed by atoms with Crippen molar-refractivity contribution >= 4 is 5.91 Å². The first-order valence-electron chi connectivity index (χ1n) is 6.41. The van der Waals surface area contributed by atoms with Gasteiger partial charge in [-0.15, -0.1) is 0 Å². The maximum absolute atomic E-state index is 12.4. The van der Waals surface area contributed by atoms with Crippen molar-refractivity contribution in [2.24, 2.45) is 5.92 Å². The number of aliphatic hydroxyl groups excluding tert-OH is 1. The zero-order valence-corrected chi connectivity index (χ0v) is 10.8. The highest BCUT2D eigenvalue weighted by Gasteiger charge is 2.42. The Morgan fingerprint density at radius 2 is 1.94 bits per heavy atom. The number of carbonyl (C=O) groups is 1. The molecule has 0 spiro atoms. The fraction of sp³-hybridized carbons (Fsp3) is 0.917. The third-order valence-electron chi connectivity index (χ3n) is 3.93. The van der Waals surface area contributed by atoms with Gasteiger partial charge in [-0.2, -0.15) is 0 Å². The van der Waals surface area contributed by atoms with Crippen molar-refractivity contribution in [1.82, 2.24) is 15.1 Å². The van der Waals surface area contributed by atoms with Gasteiger partial charge < -0.3 is 15.3 Å². The van der Waals surface area contributed by atoms with Crippen molar-refractivity contribution in [1.29, 1.82) is 0 Å². The van der Waals surface area contributed by atoms with Gasteiger partial charge in [-0.05, 0) is 13.8 Å². The second-order valence-corrected chi connectivity index (χ2v) is 5.55. The normalized spacial score (nSPS) is 23.6. The van der Waals surface area contributed by atoms with Crippen LogP contribution in [0.2, 0.25) is 0 Å². The standard InChI is InChI=1S/C12H23N3O2/c1-12(2,15-5-3-13-4-6-15)11(17)14-7-10(8-14)9-16/h10,13,16H,3-9H2,1-2H3. The maximum atomic E-state index is 12.4. The molecule has 2 rings (SSSR count). The van der Waals surface area contributed by atoms with E-state index in [1.165, 1.54) is 0 Å². The van der Waals surface area contributed by atoms with E-state index in [4.69, 9.17) is 5.11 Å². The molecule has 0 aromatic rings. The van der Waals surface area contributed by atoms with Crippen molar-refractivity contribution in [3.05, 3.63) is 0 Å². The van der Waals surface area contributed by atoms with Gasteiger partial charge in [0.1, 0.15) is 0 Å². The fourth-order valence-electron chi connectivity index (χ4n) is 2.60. The summed E-state index contributed by atoms with van der Waals surface area (Å²) in [6.45, 7) is 9.39. The average molecular weight is 241 g/mol. The van der Waals surface area contributed by atoms with Gasteiger partial charge in [0.25, 0.3) is 0 Å². The zero-order chi connectivity index (χ0) is 12.5. The SMILES string of the molecule is CC(C)(C(=O)N1CC(CO)C1)N1CCNCC1. The van der Waals surface area contributed by atoms with Crippen LogP contribution >= 0.6 is 0 Å². The third kappa shape index (κ3) is 2.46. The van der Waals surface area contributed by atoms with E-state index >= 15 is 0 Å². The van der Waals surface area contributed by atoms with Crippen molar-refractivity contribution in [2.75, 3.05) is 45.9 Å². The molecule has 5 nitrogen and oxygen atoms in total. The van der Waals surface area contributed by atoms with Crippen molar-refractivity contribution in [3.63, 3.8) is 0 Å². The van der Waals surface area contributed by atoms with Crippen LogP contribution in [0.1, 0.15) is 13.8 Å². The second kappa shape index (κ2) is 4.92. The number of rotatable bonds is 3. The predicted molar refractivity (Wildman–Crippen MR) is 65.7 cm³/mol. The number of hydrogen-bond acceptors (Lipinski definition) is 4. The van der Waals surface area contributed by atoms with Gasteiger partial charge in [0, 0.05) is 51.8 Å². The molecule has 2 aliphatic heterocycles. The molecule has 5 heteroatoms. The lowest BCUT2D eigenvalue weighted by Gasteiger charge is -2.47. The smallest absolute Gasteiger partial charge is 0.242 e. The molecule has 0 aromatic carbocycles. The van der Waals surface area contributed by atoms with Gasteiger partial charge in [0.2, 0.25) is 5.91 Å². The molecule has 0 aromatic heterocycles. The van der Waals surface area contributed by atoms with Crippen LogP contribution < -0.4 is 5.32 Å². The largest absolute Gasteiger partial charge is 0.396 e. The lowest BCUT2D eigenvalue weighted by Crippen LogP contribution is -2.64. The van der Waals surface area contributed by atoms with E-state index < -0.39 is 5.54 Å². The summed E-state index contributed by atoms with van der Waals surface area (Å²) in [5, 5.41) is 12.3. The van der Waals surface area contributed by atoms with E-state index in [0.717, 1.165) is 26.2 Å². The summed E-state index contributed by atoms with van der Waals surface area (Å²) >= 11 is 0. The highest BCUT2D eigenvalue weighted by Crippen LogP contribution is 2.24. The monoisotopic (exact) mass is 241 g/mol. The predicted octanol–water partition coefficient (Wildman–Crippen LogP) is -0.879. The molecule has 2 heterocycles. The zero-order valence-electron chi connectivity index (χ0n) is 10.8. The molecule has 1 amide bonds. The summed E-state index contributed by atoms with van der Waals surface area (Å²) < 4.78 is 0. The Labute approximate surface area is 103 Å². The molecule has 0 saturated carbocycles. The Morgan fingerprint density at radius 1 is 1.35 bits per heavy atom. The van der Waals surface area contributed by atoms with E-state index in [-0.39, 0.29) is 18.4 Å². The number of likely N-dealkylation sites (tertiary alicyclic amines) is 1. The molecule has 17 heavy (non-hydrogen) atoms. The minimum atomic E-state index is -0.414. The first-order chi connectivity index (χ1) is 8.05. The van der Waals surface area contributed by atoms with E-state index in [0.29, 0.717) is 13.1 Å². The highest BCUT2D eigenvalue weighted by molar-refractivity contribution is 5.86. The lowest BCUT2D eigenvalue weighted by atomic mass is 9.94. The Hall–Kier alpha value is -0.650. The number of carbonyl (C=O) groups excluding carboxylic acids is 1. The molecular weight excluding hydrogens is 218 g/mol. The number of aliphatic hydroxyl groups is 1. The van der Waals surface area contributed by atoms with Crippen LogP contribution in [0.3, 0.4) is 0 Å². The molecule has 2 aliphatic rings. The lowest BCUT2D eigenvalue weighted by molar-refractivity contribution is -0.150. The fourth-order valence-corrected chi connectivity index (χ4v) is 2.60. The molecule has 2 N–H and O–H groups in total. The van der Waals surface area contributed by atoms with E-state index in [2.05, 4.69) is 10.2 Å². The van der Waals surface area contributed by atoms with Gasteiger partial charge in [-0.1, -0.05) is 0 Å². The summed E-state index contributed by atoms with van der Waals surface area (Å²) in [5.74, 6) is 0.488. The van der Waals surface area contributed by atoms with Crippen LogP contribution in [0.15, 0.2) is 0 Å². The first-order valence-corrected chi connectivity index (χ1v) is 6.41. The van der Waals surface area contributed by atoms with Gasteiger partial charge in [-0.3, -0.25) is 9.69 Å². The van der Waals surface area contributed by atoms with Crippen molar-refractivity contribution in [3.8, 4) is 0 Å². The summed E-state index contributed by atoms with van der Waals surface area (Å²) in [4.78, 5) is 16.5. The van der Waals surface area contributed by atoms with Crippen LogP contribution in [0.4, 0.5) is 0 Å². The van der Waals surface area contributed by atoms with Crippen molar-refractivity contribution < 1.29 is 9.90 Å². The Bertz CT molecular complexity index is 281. The topological polar surface area (TPSA) is 55.8 Å². The summed E-state index contributed by atoms with van der Waals surface area (Å²) in [6.07, 6.45) is 0. The molecular formula is C12H23N3O2.